The number of rotatable bonds is 11. The molecule has 0 aliphatic carbocycles. The number of carbonyl (C=O) groups is 4. The van der Waals surface area contributed by atoms with E-state index >= 15 is 0 Å². The Morgan fingerprint density at radius 3 is 2.41 bits per heavy atom. The monoisotopic (exact) mass is 826 g/mol. The van der Waals surface area contributed by atoms with Gasteiger partial charge in [0.1, 0.15) is 24.2 Å². The van der Waals surface area contributed by atoms with Crippen LogP contribution in [0.15, 0.2) is 42.9 Å². The first-order valence-electron chi connectivity index (χ1n) is 20.9. The maximum absolute atomic E-state index is 14.4. The Morgan fingerprint density at radius 2 is 1.76 bits per heavy atom. The van der Waals surface area contributed by atoms with Crippen molar-refractivity contribution in [2.75, 3.05) is 27.7 Å². The van der Waals surface area contributed by atoms with Gasteiger partial charge in [0.05, 0.1) is 35.9 Å². The lowest BCUT2D eigenvalue weighted by Gasteiger charge is -2.46. The molecule has 5 rings (SSSR count). The highest BCUT2D eigenvalue weighted by molar-refractivity contribution is 6.00. The lowest BCUT2D eigenvalue weighted by atomic mass is 9.78. The molecule has 4 heterocycles. The predicted molar refractivity (Wildman–Crippen MR) is 218 cm³/mol. The minimum Gasteiger partial charge on any atom is -0.457 e. The van der Waals surface area contributed by atoms with Crippen molar-refractivity contribution in [2.24, 2.45) is 17.8 Å². The van der Waals surface area contributed by atoms with E-state index in [0.717, 1.165) is 11.3 Å². The number of cyclic esters (lactones) is 1. The number of aliphatic hydroxyl groups is 1. The van der Waals surface area contributed by atoms with Crippen LogP contribution in [-0.2, 0) is 44.6 Å². The molecule has 59 heavy (non-hydrogen) atoms. The zero-order valence-corrected chi connectivity index (χ0v) is 36.5. The average molecular weight is 827 g/mol. The normalized spacial score (nSPS) is 36.4. The minimum atomic E-state index is -1.44. The van der Waals surface area contributed by atoms with Crippen molar-refractivity contribution in [2.45, 2.75) is 148 Å². The molecule has 2 amide bonds. The third-order valence-electron chi connectivity index (χ3n) is 12.5. The summed E-state index contributed by atoms with van der Waals surface area (Å²) in [4.78, 5) is 62.7. The van der Waals surface area contributed by atoms with Crippen molar-refractivity contribution in [1.29, 1.82) is 0 Å². The highest BCUT2D eigenvalue weighted by Crippen LogP contribution is 2.39. The average Bonchev–Trinajstić information content (AvgIpc) is 3.78. The molecule has 13 atom stereocenters. The first-order valence-corrected chi connectivity index (χ1v) is 20.9. The molecule has 0 saturated carbocycles. The molecule has 1 unspecified atom stereocenters. The third-order valence-corrected chi connectivity index (χ3v) is 12.5. The van der Waals surface area contributed by atoms with Gasteiger partial charge in [-0.1, -0.05) is 51.1 Å². The van der Waals surface area contributed by atoms with Crippen LogP contribution in [0.3, 0.4) is 0 Å². The number of aliphatic hydroxyl groups excluding tert-OH is 1. The van der Waals surface area contributed by atoms with Gasteiger partial charge in [0, 0.05) is 49.8 Å². The molecule has 3 N–H and O–H groups in total. The van der Waals surface area contributed by atoms with Gasteiger partial charge in [0.2, 0.25) is 5.91 Å². The molecule has 0 bridgehead atoms. The predicted octanol–water partition coefficient (Wildman–Crippen LogP) is 3.95. The van der Waals surface area contributed by atoms with E-state index in [4.69, 9.17) is 23.7 Å². The van der Waals surface area contributed by atoms with Gasteiger partial charge < -0.3 is 43.6 Å². The van der Waals surface area contributed by atoms with Crippen molar-refractivity contribution < 1.29 is 48.0 Å². The largest absolute Gasteiger partial charge is 0.457 e. The van der Waals surface area contributed by atoms with Crippen molar-refractivity contribution in [3.05, 3.63) is 42.9 Å². The first-order chi connectivity index (χ1) is 27.8. The number of Topliss-reactive ketones (excluding diaryl/α,β-unsaturated/α-hetero) is 1. The summed E-state index contributed by atoms with van der Waals surface area (Å²) in [6.45, 7) is 14.8. The number of amides is 2. The minimum absolute atomic E-state index is 0.0931. The maximum atomic E-state index is 14.4. The number of ether oxygens (including phenoxy) is 5. The highest BCUT2D eigenvalue weighted by Gasteiger charge is 2.59. The van der Waals surface area contributed by atoms with Crippen molar-refractivity contribution in [3.63, 3.8) is 0 Å². The van der Waals surface area contributed by atoms with Gasteiger partial charge in [-0.05, 0) is 74.4 Å². The van der Waals surface area contributed by atoms with E-state index in [1.807, 2.05) is 67.0 Å². The number of imidazole rings is 1. The summed E-state index contributed by atoms with van der Waals surface area (Å²) in [6.07, 6.45) is 0.0756. The van der Waals surface area contributed by atoms with E-state index in [9.17, 15) is 24.3 Å². The summed E-state index contributed by atoms with van der Waals surface area (Å²) < 4.78 is 33.0. The number of carbonyl (C=O) groups excluding carboxylic acids is 4. The highest BCUT2D eigenvalue weighted by atomic mass is 16.7. The first kappa shape index (κ1) is 46.1. The fraction of sp³-hybridized carbons (Fsp3) is 0.698. The molecule has 1 aromatic heterocycles. The zero-order chi connectivity index (χ0) is 43.4. The Hall–Kier alpha value is -3.93. The molecule has 0 radical (unpaired) electrons. The van der Waals surface area contributed by atoms with Crippen LogP contribution in [0.5, 0.6) is 0 Å². The van der Waals surface area contributed by atoms with Gasteiger partial charge in [-0.15, -0.1) is 0 Å². The second kappa shape index (κ2) is 19.2. The zero-order valence-electron chi connectivity index (χ0n) is 36.5. The number of fused-ring (bicyclic) bond motifs is 1. The summed E-state index contributed by atoms with van der Waals surface area (Å²) in [5, 5.41) is 15.9. The molecule has 16 heteroatoms. The SMILES string of the molecule is CC[C@H]1OC(=O)[C@H](C)C(=O)[C@H](C)[C@@H](O[C@@H]2O[C@H](C)C[C@H](N(C)C)[C@H]2O)[C@@](C)(OC)C[C@@H](C)C(=O)NC(C)[C@H]2N(NCCCn3cnc(-c4ccccc4)c3)C(=O)O[C@]12C. The van der Waals surface area contributed by atoms with Crippen LogP contribution >= 0.6 is 0 Å². The van der Waals surface area contributed by atoms with Gasteiger partial charge in [-0.3, -0.25) is 14.4 Å². The summed E-state index contributed by atoms with van der Waals surface area (Å²) in [6, 6.07) is 8.06. The number of hydrogen-bond acceptors (Lipinski definition) is 13. The lowest BCUT2D eigenvalue weighted by Crippen LogP contribution is -2.63. The van der Waals surface area contributed by atoms with E-state index in [-0.39, 0.29) is 30.9 Å². The Labute approximate surface area is 348 Å². The molecular weight excluding hydrogens is 761 g/mol. The van der Waals surface area contributed by atoms with Crippen LogP contribution in [0.25, 0.3) is 11.3 Å². The second-order valence-electron chi connectivity index (χ2n) is 17.3. The third kappa shape index (κ3) is 10.0. The van der Waals surface area contributed by atoms with Gasteiger partial charge in [0.25, 0.3) is 0 Å². The number of nitrogens with one attached hydrogen (secondary N) is 2. The number of ketones is 1. The van der Waals surface area contributed by atoms with Crippen molar-refractivity contribution in [3.8, 4) is 11.3 Å². The van der Waals surface area contributed by atoms with E-state index in [2.05, 4.69) is 15.7 Å². The number of nitrogens with zero attached hydrogens (tertiary/aromatic N) is 4. The van der Waals surface area contributed by atoms with Gasteiger partial charge in [-0.25, -0.2) is 20.2 Å². The smallest absolute Gasteiger partial charge is 0.425 e. The Balaban J connectivity index is 1.41. The van der Waals surface area contributed by atoms with Crippen LogP contribution in [0.4, 0.5) is 4.79 Å². The Bertz CT molecular complexity index is 1760. The van der Waals surface area contributed by atoms with Crippen LogP contribution in [-0.4, -0.2) is 136 Å². The number of aryl methyl sites for hydroxylation is 1. The number of likely N-dealkylation sites (N-methyl/N-ethyl adjacent to an activating group) is 1. The fourth-order valence-electron chi connectivity index (χ4n) is 9.07. The lowest BCUT2D eigenvalue weighted by molar-refractivity contribution is -0.295. The van der Waals surface area contributed by atoms with E-state index < -0.39 is 83.5 Å². The number of hydrogen-bond donors (Lipinski definition) is 3. The topological polar surface area (TPSA) is 183 Å². The summed E-state index contributed by atoms with van der Waals surface area (Å²) in [7, 11) is 5.21. The molecular formula is C43H66N6O10. The van der Waals surface area contributed by atoms with E-state index in [0.29, 0.717) is 25.9 Å². The number of benzene rings is 1. The molecule has 0 spiro atoms. The Morgan fingerprint density at radius 1 is 1.07 bits per heavy atom. The number of esters is 1. The van der Waals surface area contributed by atoms with Gasteiger partial charge >= 0.3 is 12.1 Å². The van der Waals surface area contributed by atoms with Crippen LogP contribution in [0.2, 0.25) is 0 Å². The second-order valence-corrected chi connectivity index (χ2v) is 17.3. The van der Waals surface area contributed by atoms with E-state index in [1.165, 1.54) is 19.0 Å². The van der Waals surface area contributed by atoms with Crippen LogP contribution in [0, 0.1) is 17.8 Å². The molecule has 3 saturated heterocycles. The molecule has 3 aliphatic heterocycles. The fourth-order valence-corrected chi connectivity index (χ4v) is 9.07. The van der Waals surface area contributed by atoms with Crippen LogP contribution < -0.4 is 10.7 Å². The van der Waals surface area contributed by atoms with Gasteiger partial charge in [0.15, 0.2) is 17.7 Å². The molecule has 328 valence electrons. The van der Waals surface area contributed by atoms with Gasteiger partial charge in [-0.2, -0.15) is 0 Å². The van der Waals surface area contributed by atoms with Crippen LogP contribution in [0.1, 0.15) is 81.1 Å². The molecule has 3 aliphatic rings. The Kier molecular flexibility index (Phi) is 15.0. The molecule has 16 nitrogen and oxygen atoms in total. The summed E-state index contributed by atoms with van der Waals surface area (Å²) in [5.74, 6) is -4.53. The maximum Gasteiger partial charge on any atom is 0.425 e. The number of aromatic nitrogens is 2. The number of hydrazine groups is 1. The summed E-state index contributed by atoms with van der Waals surface area (Å²) in [5.41, 5.74) is 2.38. The van der Waals surface area contributed by atoms with Crippen molar-refractivity contribution >= 4 is 23.8 Å². The van der Waals surface area contributed by atoms with E-state index in [1.54, 1.807) is 47.9 Å². The van der Waals surface area contributed by atoms with Crippen molar-refractivity contribution in [1.82, 2.24) is 30.2 Å². The summed E-state index contributed by atoms with van der Waals surface area (Å²) >= 11 is 0. The quantitative estimate of drug-likeness (QED) is 0.169. The molecule has 1 aromatic carbocycles. The number of methoxy groups -OCH3 is 1. The molecule has 3 fully saturated rings. The standard InChI is InChI=1S/C43H66N6O10/c1-12-33-43(8)36(49(41(54)59-43)45-19-16-20-48-23-31(44-24-48)30-17-14-13-15-18-30)29(6)46-38(52)25(2)22-42(7,55-11)37(27(4)34(50)28(5)39(53)57-33)58-40-35(51)32(47(9)10)21-26(3)56-40/h13-15,17-18,23-29,32-33,35-37,40,45,51H,12,16,19-22H2,1-11H3,(H,46,52)/t25-,26-,27+,28-,29?,32+,33-,35-,36-,37-,40+,42+,43-/m1/s1. The molecule has 2 aromatic rings.